The summed E-state index contributed by atoms with van der Waals surface area (Å²) in [7, 11) is 1.95. The molecule has 2 rings (SSSR count). The van der Waals surface area contributed by atoms with E-state index < -0.39 is 0 Å². The summed E-state index contributed by atoms with van der Waals surface area (Å²) in [5, 5.41) is 3.50. The molecule has 0 aliphatic carbocycles. The standard InChI is InChI=1S/C14H15ClN2O/c1-10-12(6-3-7-13(10)15)14(18)16-9-11-5-4-8-17(11)2/h3-8H,9H2,1-2H3,(H,16,18). The van der Waals surface area contributed by atoms with Gasteiger partial charge in [-0.15, -0.1) is 0 Å². The van der Waals surface area contributed by atoms with Gasteiger partial charge in [0, 0.05) is 29.5 Å². The molecular formula is C14H15ClN2O. The van der Waals surface area contributed by atoms with E-state index in [1.54, 1.807) is 18.2 Å². The highest BCUT2D eigenvalue weighted by Gasteiger charge is 2.10. The zero-order valence-corrected chi connectivity index (χ0v) is 11.2. The van der Waals surface area contributed by atoms with Crippen molar-refractivity contribution in [3.8, 4) is 0 Å². The number of rotatable bonds is 3. The zero-order chi connectivity index (χ0) is 13.1. The van der Waals surface area contributed by atoms with Crippen molar-refractivity contribution in [2.75, 3.05) is 0 Å². The Labute approximate surface area is 111 Å². The molecule has 18 heavy (non-hydrogen) atoms. The Hall–Kier alpha value is -1.74. The fourth-order valence-electron chi connectivity index (χ4n) is 1.80. The minimum absolute atomic E-state index is 0.101. The average Bonchev–Trinajstić information content (AvgIpc) is 2.75. The predicted molar refractivity (Wildman–Crippen MR) is 72.8 cm³/mol. The van der Waals surface area contributed by atoms with E-state index in [0.29, 0.717) is 17.1 Å². The van der Waals surface area contributed by atoms with Gasteiger partial charge in [-0.05, 0) is 36.8 Å². The van der Waals surface area contributed by atoms with Gasteiger partial charge in [0.25, 0.3) is 5.91 Å². The zero-order valence-electron chi connectivity index (χ0n) is 10.4. The Morgan fingerprint density at radius 3 is 2.78 bits per heavy atom. The molecule has 0 saturated heterocycles. The molecule has 0 unspecified atom stereocenters. The summed E-state index contributed by atoms with van der Waals surface area (Å²) >= 11 is 6.00. The first kappa shape index (κ1) is 12.7. The first-order valence-electron chi connectivity index (χ1n) is 5.73. The summed E-state index contributed by atoms with van der Waals surface area (Å²) in [5.41, 5.74) is 2.49. The number of hydrogen-bond donors (Lipinski definition) is 1. The molecule has 0 atom stereocenters. The van der Waals surface area contributed by atoms with E-state index in [2.05, 4.69) is 5.32 Å². The molecule has 0 spiro atoms. The average molecular weight is 263 g/mol. The van der Waals surface area contributed by atoms with Crippen LogP contribution in [0, 0.1) is 6.92 Å². The molecular weight excluding hydrogens is 248 g/mol. The van der Waals surface area contributed by atoms with Gasteiger partial charge in [0.2, 0.25) is 0 Å². The second-order valence-electron chi connectivity index (χ2n) is 4.21. The van der Waals surface area contributed by atoms with Crippen LogP contribution in [0.5, 0.6) is 0 Å². The maximum atomic E-state index is 12.0. The largest absolute Gasteiger partial charge is 0.353 e. The summed E-state index contributed by atoms with van der Waals surface area (Å²) in [6, 6.07) is 9.27. The highest BCUT2D eigenvalue weighted by Crippen LogP contribution is 2.18. The van der Waals surface area contributed by atoms with Crippen molar-refractivity contribution < 1.29 is 4.79 Å². The molecule has 2 aromatic rings. The second kappa shape index (κ2) is 5.27. The van der Waals surface area contributed by atoms with Crippen LogP contribution in [-0.4, -0.2) is 10.5 Å². The van der Waals surface area contributed by atoms with Crippen LogP contribution in [-0.2, 0) is 13.6 Å². The van der Waals surface area contributed by atoms with Gasteiger partial charge in [-0.3, -0.25) is 4.79 Å². The Balaban J connectivity index is 2.09. The van der Waals surface area contributed by atoms with Gasteiger partial charge >= 0.3 is 0 Å². The summed E-state index contributed by atoms with van der Waals surface area (Å²) in [5.74, 6) is -0.101. The van der Waals surface area contributed by atoms with E-state index in [-0.39, 0.29) is 5.91 Å². The van der Waals surface area contributed by atoms with Crippen LogP contribution < -0.4 is 5.32 Å². The van der Waals surface area contributed by atoms with Gasteiger partial charge in [-0.1, -0.05) is 17.7 Å². The molecule has 0 fully saturated rings. The Morgan fingerprint density at radius 2 is 2.11 bits per heavy atom. The maximum absolute atomic E-state index is 12.0. The SMILES string of the molecule is Cc1c(Cl)cccc1C(=O)NCc1cccn1C. The lowest BCUT2D eigenvalue weighted by molar-refractivity contribution is 0.0949. The van der Waals surface area contributed by atoms with Crippen molar-refractivity contribution in [3.05, 3.63) is 58.4 Å². The number of carbonyl (C=O) groups excluding carboxylic acids is 1. The van der Waals surface area contributed by atoms with Crippen LogP contribution in [0.2, 0.25) is 5.02 Å². The van der Waals surface area contributed by atoms with Crippen LogP contribution >= 0.6 is 11.6 Å². The molecule has 1 amide bonds. The van der Waals surface area contributed by atoms with Crippen molar-refractivity contribution >= 4 is 17.5 Å². The van der Waals surface area contributed by atoms with Gasteiger partial charge in [-0.25, -0.2) is 0 Å². The van der Waals surface area contributed by atoms with Gasteiger partial charge in [-0.2, -0.15) is 0 Å². The van der Waals surface area contributed by atoms with Crippen LogP contribution in [0.4, 0.5) is 0 Å². The first-order valence-corrected chi connectivity index (χ1v) is 6.11. The molecule has 0 saturated carbocycles. The van der Waals surface area contributed by atoms with Crippen LogP contribution in [0.15, 0.2) is 36.5 Å². The number of halogens is 1. The minimum atomic E-state index is -0.101. The van der Waals surface area contributed by atoms with Crippen LogP contribution in [0.1, 0.15) is 21.6 Å². The van der Waals surface area contributed by atoms with E-state index >= 15 is 0 Å². The van der Waals surface area contributed by atoms with Crippen molar-refractivity contribution in [1.82, 2.24) is 9.88 Å². The molecule has 0 aliphatic heterocycles. The quantitative estimate of drug-likeness (QED) is 0.907. The molecule has 0 bridgehead atoms. The fourth-order valence-corrected chi connectivity index (χ4v) is 1.97. The number of hydrogen-bond acceptors (Lipinski definition) is 1. The molecule has 3 nitrogen and oxygen atoms in total. The number of carbonyl (C=O) groups is 1. The lowest BCUT2D eigenvalue weighted by Crippen LogP contribution is -2.24. The Morgan fingerprint density at radius 1 is 1.33 bits per heavy atom. The second-order valence-corrected chi connectivity index (χ2v) is 4.61. The predicted octanol–water partition coefficient (Wildman–Crippen LogP) is 2.92. The topological polar surface area (TPSA) is 34.0 Å². The third-order valence-electron chi connectivity index (χ3n) is 2.99. The Kier molecular flexibility index (Phi) is 3.72. The van der Waals surface area contributed by atoms with E-state index in [1.165, 1.54) is 0 Å². The molecule has 1 aromatic heterocycles. The van der Waals surface area contributed by atoms with Crippen molar-refractivity contribution in [2.24, 2.45) is 7.05 Å². The van der Waals surface area contributed by atoms with Gasteiger partial charge in [0.15, 0.2) is 0 Å². The van der Waals surface area contributed by atoms with E-state index in [1.807, 2.05) is 36.9 Å². The van der Waals surface area contributed by atoms with E-state index in [9.17, 15) is 4.79 Å². The van der Waals surface area contributed by atoms with Gasteiger partial charge in [0.05, 0.1) is 6.54 Å². The number of benzene rings is 1. The van der Waals surface area contributed by atoms with Crippen molar-refractivity contribution in [1.29, 1.82) is 0 Å². The van der Waals surface area contributed by atoms with Gasteiger partial charge in [0.1, 0.15) is 0 Å². The normalized spacial score (nSPS) is 10.4. The number of aryl methyl sites for hydroxylation is 1. The summed E-state index contributed by atoms with van der Waals surface area (Å²) in [6.45, 7) is 2.36. The number of amides is 1. The third-order valence-corrected chi connectivity index (χ3v) is 3.40. The lowest BCUT2D eigenvalue weighted by atomic mass is 10.1. The summed E-state index contributed by atoms with van der Waals surface area (Å²) in [4.78, 5) is 12.0. The molecule has 0 aliphatic rings. The molecule has 1 aromatic carbocycles. The third kappa shape index (κ3) is 2.57. The lowest BCUT2D eigenvalue weighted by Gasteiger charge is -2.09. The van der Waals surface area contributed by atoms with Crippen LogP contribution in [0.3, 0.4) is 0 Å². The minimum Gasteiger partial charge on any atom is -0.353 e. The van der Waals surface area contributed by atoms with E-state index in [0.717, 1.165) is 11.3 Å². The molecule has 1 N–H and O–H groups in total. The van der Waals surface area contributed by atoms with Crippen LogP contribution in [0.25, 0.3) is 0 Å². The number of nitrogens with zero attached hydrogens (tertiary/aromatic N) is 1. The highest BCUT2D eigenvalue weighted by molar-refractivity contribution is 6.31. The van der Waals surface area contributed by atoms with E-state index in [4.69, 9.17) is 11.6 Å². The molecule has 0 radical (unpaired) electrons. The Bertz CT molecular complexity index is 575. The first-order chi connectivity index (χ1) is 8.59. The van der Waals surface area contributed by atoms with Crippen molar-refractivity contribution in [2.45, 2.75) is 13.5 Å². The summed E-state index contributed by atoms with van der Waals surface area (Å²) < 4.78 is 1.98. The summed E-state index contributed by atoms with van der Waals surface area (Å²) in [6.07, 6.45) is 1.95. The maximum Gasteiger partial charge on any atom is 0.251 e. The smallest absolute Gasteiger partial charge is 0.251 e. The monoisotopic (exact) mass is 262 g/mol. The molecule has 4 heteroatoms. The van der Waals surface area contributed by atoms with Gasteiger partial charge < -0.3 is 9.88 Å². The number of aromatic nitrogens is 1. The fraction of sp³-hybridized carbons (Fsp3) is 0.214. The number of nitrogens with one attached hydrogen (secondary N) is 1. The molecule has 1 heterocycles. The van der Waals surface area contributed by atoms with Crippen molar-refractivity contribution in [3.63, 3.8) is 0 Å². The highest BCUT2D eigenvalue weighted by atomic mass is 35.5. The molecule has 94 valence electrons.